The number of rotatable bonds is 1. The van der Waals surface area contributed by atoms with Crippen molar-refractivity contribution >= 4 is 0 Å². The van der Waals surface area contributed by atoms with Gasteiger partial charge in [0.2, 0.25) is 0 Å². The molecule has 0 aromatic heterocycles. The third-order valence-electron chi connectivity index (χ3n) is 3.14. The van der Waals surface area contributed by atoms with Gasteiger partial charge in [-0.05, 0) is 30.9 Å². The summed E-state index contributed by atoms with van der Waals surface area (Å²) in [7, 11) is 0. The highest BCUT2D eigenvalue weighted by Gasteiger charge is 2.29. The summed E-state index contributed by atoms with van der Waals surface area (Å²) in [4.78, 5) is 0. The molecule has 1 aromatic carbocycles. The summed E-state index contributed by atoms with van der Waals surface area (Å²) in [5, 5.41) is 10.2. The first-order valence-electron chi connectivity index (χ1n) is 6.30. The second kappa shape index (κ2) is 4.34. The first kappa shape index (κ1) is 12.4. The van der Waals surface area contributed by atoms with Gasteiger partial charge in [-0.2, -0.15) is 0 Å². The Morgan fingerprint density at radius 1 is 1.35 bits per heavy atom. The maximum absolute atomic E-state index is 10.2. The van der Waals surface area contributed by atoms with Gasteiger partial charge in [-0.15, -0.1) is 0 Å². The number of hydrogen-bond donors (Lipinski definition) is 1. The van der Waals surface area contributed by atoms with Crippen LogP contribution in [-0.2, 0) is 0 Å². The Bertz CT molecular complexity index is 404. The summed E-state index contributed by atoms with van der Waals surface area (Å²) in [6, 6.07) is 6.03. The Labute approximate surface area is 104 Å². The molecule has 0 aliphatic carbocycles. The van der Waals surface area contributed by atoms with E-state index in [0.717, 1.165) is 17.7 Å². The van der Waals surface area contributed by atoms with Crippen LogP contribution in [0.25, 0.3) is 0 Å². The second-order valence-corrected chi connectivity index (χ2v) is 6.30. The highest BCUT2D eigenvalue weighted by Crippen LogP contribution is 2.38. The van der Waals surface area contributed by atoms with Crippen molar-refractivity contribution in [2.45, 2.75) is 52.7 Å². The van der Waals surface area contributed by atoms with E-state index in [0.29, 0.717) is 6.42 Å². The normalized spacial score (nSPS) is 24.1. The van der Waals surface area contributed by atoms with Crippen LogP contribution in [-0.4, -0.2) is 11.2 Å². The molecule has 0 radical (unpaired) electrons. The quantitative estimate of drug-likeness (QED) is 0.804. The van der Waals surface area contributed by atoms with E-state index >= 15 is 0 Å². The Morgan fingerprint density at radius 2 is 2.06 bits per heavy atom. The van der Waals surface area contributed by atoms with Crippen LogP contribution in [0.4, 0.5) is 0 Å². The minimum absolute atomic E-state index is 0.125. The molecule has 17 heavy (non-hydrogen) atoms. The zero-order chi connectivity index (χ0) is 12.6. The molecule has 1 aromatic rings. The zero-order valence-electron chi connectivity index (χ0n) is 11.2. The fourth-order valence-corrected chi connectivity index (χ4v) is 2.45. The van der Waals surface area contributed by atoms with Crippen molar-refractivity contribution < 1.29 is 9.84 Å². The molecule has 2 rings (SSSR count). The molecule has 1 heterocycles. The van der Waals surface area contributed by atoms with Crippen molar-refractivity contribution in [3.05, 3.63) is 29.3 Å². The molecule has 2 heteroatoms. The van der Waals surface area contributed by atoms with E-state index in [4.69, 9.17) is 4.74 Å². The van der Waals surface area contributed by atoms with Gasteiger partial charge in [-0.25, -0.2) is 0 Å². The number of benzene rings is 1. The van der Waals surface area contributed by atoms with Crippen molar-refractivity contribution in [3.63, 3.8) is 0 Å². The average molecular weight is 234 g/mol. The maximum atomic E-state index is 10.2. The van der Waals surface area contributed by atoms with Crippen molar-refractivity contribution in [1.82, 2.24) is 0 Å². The molecule has 2 nitrogen and oxygen atoms in total. The summed E-state index contributed by atoms with van der Waals surface area (Å²) in [6.07, 6.45) is 1.41. The Balaban J connectivity index is 2.19. The molecule has 0 saturated carbocycles. The number of ether oxygens (including phenoxy) is 1. The molecule has 1 aliphatic heterocycles. The van der Waals surface area contributed by atoms with Crippen LogP contribution in [0.1, 0.15) is 50.8 Å². The average Bonchev–Trinajstić information content (AvgIpc) is 2.17. The number of hydrogen-bond acceptors (Lipinski definition) is 2. The van der Waals surface area contributed by atoms with Crippen LogP contribution in [0.15, 0.2) is 18.2 Å². The maximum Gasteiger partial charge on any atom is 0.125 e. The van der Waals surface area contributed by atoms with E-state index in [1.54, 1.807) is 0 Å². The summed E-state index contributed by atoms with van der Waals surface area (Å²) < 4.78 is 5.97. The van der Waals surface area contributed by atoms with E-state index in [1.165, 1.54) is 5.56 Å². The lowest BCUT2D eigenvalue weighted by atomic mass is 9.85. The minimum atomic E-state index is -0.383. The molecular weight excluding hydrogens is 212 g/mol. The number of aliphatic hydroxyl groups excluding tert-OH is 1. The molecule has 1 unspecified atom stereocenters. The van der Waals surface area contributed by atoms with Gasteiger partial charge in [0, 0.05) is 12.0 Å². The highest BCUT2D eigenvalue weighted by atomic mass is 16.5. The van der Waals surface area contributed by atoms with Crippen molar-refractivity contribution in [2.24, 2.45) is 5.41 Å². The van der Waals surface area contributed by atoms with Crippen molar-refractivity contribution in [1.29, 1.82) is 0 Å². The van der Waals surface area contributed by atoms with E-state index in [-0.39, 0.29) is 17.6 Å². The van der Waals surface area contributed by atoms with E-state index in [1.807, 2.05) is 25.1 Å². The second-order valence-electron chi connectivity index (χ2n) is 6.30. The third kappa shape index (κ3) is 3.01. The lowest BCUT2D eigenvalue weighted by Gasteiger charge is -2.33. The molecular formula is C15H22O2. The van der Waals surface area contributed by atoms with Crippen molar-refractivity contribution in [3.8, 4) is 5.75 Å². The van der Waals surface area contributed by atoms with Crippen molar-refractivity contribution in [2.75, 3.05) is 0 Å². The van der Waals surface area contributed by atoms with E-state index < -0.39 is 0 Å². The first-order valence-corrected chi connectivity index (χ1v) is 6.30. The Kier molecular flexibility index (Phi) is 3.17. The molecule has 0 saturated heterocycles. The number of fused-ring (bicyclic) bond motifs is 1. The SMILES string of the molecule is Cc1ccc2c(c1)[C@@H](O)CC(CC(C)(C)C)O2. The topological polar surface area (TPSA) is 29.5 Å². The monoisotopic (exact) mass is 234 g/mol. The number of aliphatic hydroxyl groups is 1. The third-order valence-corrected chi connectivity index (χ3v) is 3.14. The molecule has 0 spiro atoms. The van der Waals surface area contributed by atoms with Crippen LogP contribution in [0.2, 0.25) is 0 Å². The largest absolute Gasteiger partial charge is 0.490 e. The first-order chi connectivity index (χ1) is 7.85. The lowest BCUT2D eigenvalue weighted by molar-refractivity contribution is 0.0447. The minimum Gasteiger partial charge on any atom is -0.490 e. The zero-order valence-corrected chi connectivity index (χ0v) is 11.2. The van der Waals surface area contributed by atoms with Gasteiger partial charge in [0.25, 0.3) is 0 Å². The lowest BCUT2D eigenvalue weighted by Crippen LogP contribution is -2.29. The molecule has 0 fully saturated rings. The number of aryl methyl sites for hydroxylation is 1. The van der Waals surface area contributed by atoms with Crippen LogP contribution in [0.3, 0.4) is 0 Å². The summed E-state index contributed by atoms with van der Waals surface area (Å²) in [5.41, 5.74) is 2.34. The van der Waals surface area contributed by atoms with Crippen LogP contribution in [0, 0.1) is 12.3 Å². The molecule has 1 aliphatic rings. The molecule has 0 bridgehead atoms. The van der Waals surface area contributed by atoms with Crippen LogP contribution in [0.5, 0.6) is 5.75 Å². The van der Waals surface area contributed by atoms with Gasteiger partial charge in [0.15, 0.2) is 0 Å². The predicted octanol–water partition coefficient (Wildman–Crippen LogP) is 3.62. The summed E-state index contributed by atoms with van der Waals surface area (Å²) in [5.74, 6) is 0.851. The molecule has 0 amide bonds. The van der Waals surface area contributed by atoms with Gasteiger partial charge in [0.1, 0.15) is 11.9 Å². The van der Waals surface area contributed by atoms with Crippen LogP contribution >= 0.6 is 0 Å². The molecule has 2 atom stereocenters. The predicted molar refractivity (Wildman–Crippen MR) is 69.2 cm³/mol. The summed E-state index contributed by atoms with van der Waals surface area (Å²) in [6.45, 7) is 8.64. The Morgan fingerprint density at radius 3 is 2.71 bits per heavy atom. The van der Waals surface area contributed by atoms with Gasteiger partial charge in [0.05, 0.1) is 6.10 Å². The molecule has 1 N–H and O–H groups in total. The van der Waals surface area contributed by atoms with E-state index in [2.05, 4.69) is 20.8 Å². The van der Waals surface area contributed by atoms with Gasteiger partial charge < -0.3 is 9.84 Å². The van der Waals surface area contributed by atoms with Crippen LogP contribution < -0.4 is 4.74 Å². The Hall–Kier alpha value is -1.02. The highest BCUT2D eigenvalue weighted by molar-refractivity contribution is 5.40. The smallest absolute Gasteiger partial charge is 0.125 e. The van der Waals surface area contributed by atoms with E-state index in [9.17, 15) is 5.11 Å². The van der Waals surface area contributed by atoms with Gasteiger partial charge in [-0.3, -0.25) is 0 Å². The fraction of sp³-hybridized carbons (Fsp3) is 0.600. The fourth-order valence-electron chi connectivity index (χ4n) is 2.45. The van der Waals surface area contributed by atoms with Gasteiger partial charge in [-0.1, -0.05) is 32.4 Å². The molecule has 94 valence electrons. The van der Waals surface area contributed by atoms with Gasteiger partial charge >= 0.3 is 0 Å². The summed E-state index contributed by atoms with van der Waals surface area (Å²) >= 11 is 0. The standard InChI is InChI=1S/C15H22O2/c1-10-5-6-14-12(7-10)13(16)8-11(17-14)9-15(2,3)4/h5-7,11,13,16H,8-9H2,1-4H3/t11?,13-/m0/s1.